The molecule has 0 radical (unpaired) electrons. The van der Waals surface area contributed by atoms with Crippen molar-refractivity contribution in [2.45, 2.75) is 23.5 Å². The lowest BCUT2D eigenvalue weighted by Gasteiger charge is -2.30. The van der Waals surface area contributed by atoms with E-state index in [-0.39, 0.29) is 48.7 Å². The first-order chi connectivity index (χ1) is 19.3. The number of carbonyl (C=O) groups excluding carboxylic acids is 1. The Hall–Kier alpha value is -3.84. The summed E-state index contributed by atoms with van der Waals surface area (Å²) in [5.74, 6) is -0.711. The number of ether oxygens (including phenoxy) is 3. The number of aliphatic hydroxyl groups is 1. The number of hydrogen-bond acceptors (Lipinski definition) is 8. The van der Waals surface area contributed by atoms with Crippen molar-refractivity contribution in [3.8, 4) is 5.75 Å². The van der Waals surface area contributed by atoms with Crippen LogP contribution >= 0.6 is 0 Å². The Morgan fingerprint density at radius 2 is 1.90 bits per heavy atom. The number of anilines is 1. The maximum absolute atomic E-state index is 13.5. The largest absolute Gasteiger partial charge is 0.497 e. The van der Waals surface area contributed by atoms with Crippen LogP contribution in [-0.2, 0) is 24.3 Å². The number of halogens is 1. The number of rotatable bonds is 12. The molecule has 12 heteroatoms. The van der Waals surface area contributed by atoms with E-state index in [1.807, 2.05) is 0 Å². The van der Waals surface area contributed by atoms with E-state index in [1.165, 1.54) is 49.7 Å². The Labute approximate surface area is 232 Å². The van der Waals surface area contributed by atoms with Gasteiger partial charge in [-0.1, -0.05) is 12.1 Å². The monoisotopic (exact) mass is 571 g/mol. The molecule has 3 aromatic rings. The van der Waals surface area contributed by atoms with Gasteiger partial charge in [0, 0.05) is 31.6 Å². The maximum Gasteiger partial charge on any atom is 0.290 e. The van der Waals surface area contributed by atoms with Gasteiger partial charge < -0.3 is 24.6 Å². The Morgan fingerprint density at radius 1 is 1.15 bits per heavy atom. The highest BCUT2D eigenvalue weighted by Gasteiger charge is 2.30. The van der Waals surface area contributed by atoms with Crippen molar-refractivity contribution in [3.05, 3.63) is 96.3 Å². The third kappa shape index (κ3) is 7.42. The average molecular weight is 572 g/mol. The molecule has 4 rings (SSSR count). The quantitative estimate of drug-likeness (QED) is 0.339. The molecule has 1 amide bonds. The Bertz CT molecular complexity index is 1400. The number of methoxy groups -OCH3 is 1. The van der Waals surface area contributed by atoms with Gasteiger partial charge in [0.1, 0.15) is 11.6 Å². The molecule has 0 spiro atoms. The molecule has 2 heterocycles. The number of nitrogens with one attached hydrogen (secondary N) is 1. The third-order valence-electron chi connectivity index (χ3n) is 6.19. The smallest absolute Gasteiger partial charge is 0.290 e. The van der Waals surface area contributed by atoms with Crippen molar-refractivity contribution in [2.24, 2.45) is 0 Å². The molecule has 0 saturated heterocycles. The van der Waals surface area contributed by atoms with Crippen LogP contribution in [-0.4, -0.2) is 68.4 Å². The molecule has 1 aliphatic rings. The first kappa shape index (κ1) is 29.2. The number of carbonyl (C=O) groups is 1. The number of pyridine rings is 1. The average Bonchev–Trinajstić information content (AvgIpc) is 2.97. The summed E-state index contributed by atoms with van der Waals surface area (Å²) in [6.07, 6.45) is 4.13. The Morgan fingerprint density at radius 3 is 2.55 bits per heavy atom. The molecule has 2 N–H and O–H groups in total. The predicted molar refractivity (Wildman–Crippen MR) is 144 cm³/mol. The molecule has 212 valence electrons. The molecule has 10 nitrogen and oxygen atoms in total. The van der Waals surface area contributed by atoms with Crippen LogP contribution in [0.4, 0.5) is 10.1 Å². The summed E-state index contributed by atoms with van der Waals surface area (Å²) in [4.78, 5) is 17.0. The molecule has 0 bridgehead atoms. The Kier molecular flexibility index (Phi) is 9.83. The van der Waals surface area contributed by atoms with Crippen molar-refractivity contribution >= 4 is 21.6 Å². The van der Waals surface area contributed by atoms with Gasteiger partial charge in [-0.3, -0.25) is 9.78 Å². The van der Waals surface area contributed by atoms with E-state index in [0.29, 0.717) is 17.9 Å². The van der Waals surface area contributed by atoms with Gasteiger partial charge in [0.05, 0.1) is 37.1 Å². The minimum absolute atomic E-state index is 0.00694. The van der Waals surface area contributed by atoms with E-state index in [9.17, 15) is 22.7 Å². The molecule has 1 aliphatic heterocycles. The second kappa shape index (κ2) is 13.5. The fraction of sp³-hybridized carbons (Fsp3) is 0.286. The van der Waals surface area contributed by atoms with Crippen molar-refractivity contribution in [1.29, 1.82) is 0 Å². The number of nitrogens with zero attached hydrogens (tertiary/aromatic N) is 2. The SMILES string of the molecule is COc1ccc(S(=O)(=O)N(CCO)CCO[C@@H]2C[C@H](c3ccc(F)cc3)C=C(C(=O)Nc3cccnc3)O2)cc1. The minimum atomic E-state index is -3.93. The van der Waals surface area contributed by atoms with E-state index in [1.54, 1.807) is 36.5 Å². The van der Waals surface area contributed by atoms with Gasteiger partial charge in [0.25, 0.3) is 5.91 Å². The number of benzene rings is 2. The maximum atomic E-state index is 13.5. The second-order valence-corrected chi connectivity index (χ2v) is 10.8. The zero-order chi connectivity index (χ0) is 28.5. The number of amides is 1. The molecule has 0 saturated carbocycles. The molecule has 0 aliphatic carbocycles. The lowest BCUT2D eigenvalue weighted by molar-refractivity contribution is -0.143. The zero-order valence-corrected chi connectivity index (χ0v) is 22.6. The van der Waals surface area contributed by atoms with Gasteiger partial charge in [0.2, 0.25) is 16.3 Å². The predicted octanol–water partition coefficient (Wildman–Crippen LogP) is 3.28. The molecule has 0 unspecified atom stereocenters. The van der Waals surface area contributed by atoms with Gasteiger partial charge in [0.15, 0.2) is 5.76 Å². The molecule has 2 atom stereocenters. The van der Waals surface area contributed by atoms with Crippen LogP contribution in [0.2, 0.25) is 0 Å². The van der Waals surface area contributed by atoms with Crippen LogP contribution in [0.25, 0.3) is 0 Å². The second-order valence-electron chi connectivity index (χ2n) is 8.84. The number of hydrogen-bond donors (Lipinski definition) is 2. The van der Waals surface area contributed by atoms with E-state index < -0.39 is 22.2 Å². The summed E-state index contributed by atoms with van der Waals surface area (Å²) < 4.78 is 57.8. The summed E-state index contributed by atoms with van der Waals surface area (Å²) >= 11 is 0. The number of aromatic nitrogens is 1. The topological polar surface area (TPSA) is 127 Å². The summed E-state index contributed by atoms with van der Waals surface area (Å²) in [6.45, 7) is -0.673. The highest BCUT2D eigenvalue weighted by Crippen LogP contribution is 2.32. The number of allylic oxidation sites excluding steroid dienone is 1. The highest BCUT2D eigenvalue weighted by molar-refractivity contribution is 7.89. The minimum Gasteiger partial charge on any atom is -0.497 e. The number of aliphatic hydroxyl groups excluding tert-OH is 1. The summed E-state index contributed by atoms with van der Waals surface area (Å²) in [5, 5.41) is 12.2. The van der Waals surface area contributed by atoms with Crippen LogP contribution in [0.3, 0.4) is 0 Å². The summed E-state index contributed by atoms with van der Waals surface area (Å²) in [5.41, 5.74) is 1.23. The fourth-order valence-electron chi connectivity index (χ4n) is 4.14. The summed E-state index contributed by atoms with van der Waals surface area (Å²) in [7, 11) is -2.45. The van der Waals surface area contributed by atoms with Crippen molar-refractivity contribution in [1.82, 2.24) is 9.29 Å². The first-order valence-corrected chi connectivity index (χ1v) is 14.0. The molecule has 40 heavy (non-hydrogen) atoms. The lowest BCUT2D eigenvalue weighted by Crippen LogP contribution is -2.37. The van der Waals surface area contributed by atoms with Crippen LogP contribution in [0, 0.1) is 5.82 Å². The van der Waals surface area contributed by atoms with Crippen molar-refractivity contribution < 1.29 is 36.9 Å². The molecule has 1 aromatic heterocycles. The van der Waals surface area contributed by atoms with Gasteiger partial charge in [-0.05, 0) is 60.2 Å². The standard InChI is InChI=1S/C28H30FN3O7S/c1-37-24-8-10-25(11-9-24)40(35,36)32(13-15-33)14-16-38-27-18-21(20-4-6-22(29)7-5-20)17-26(39-27)28(34)31-23-3-2-12-30-19-23/h2-12,17,19,21,27,33H,13-16,18H2,1H3,(H,31,34)/t21-,27+/m1/s1. The molecular weight excluding hydrogens is 541 g/mol. The van der Waals surface area contributed by atoms with E-state index >= 15 is 0 Å². The van der Waals surface area contributed by atoms with Crippen LogP contribution < -0.4 is 10.1 Å². The number of sulfonamides is 1. The Balaban J connectivity index is 1.46. The van der Waals surface area contributed by atoms with Crippen LogP contribution in [0.5, 0.6) is 5.75 Å². The van der Waals surface area contributed by atoms with Gasteiger partial charge in [-0.25, -0.2) is 12.8 Å². The van der Waals surface area contributed by atoms with Crippen molar-refractivity contribution in [3.63, 3.8) is 0 Å². The van der Waals surface area contributed by atoms with Crippen LogP contribution in [0.15, 0.2) is 89.8 Å². The molecule has 0 fully saturated rings. The third-order valence-corrected chi connectivity index (χ3v) is 8.10. The highest BCUT2D eigenvalue weighted by atomic mass is 32.2. The lowest BCUT2D eigenvalue weighted by atomic mass is 9.93. The summed E-state index contributed by atoms with van der Waals surface area (Å²) in [6, 6.07) is 15.2. The fourth-order valence-corrected chi connectivity index (χ4v) is 5.55. The van der Waals surface area contributed by atoms with Gasteiger partial charge in [-0.2, -0.15) is 4.31 Å². The molecular formula is C28H30FN3O7S. The van der Waals surface area contributed by atoms with Crippen molar-refractivity contribution in [2.75, 3.05) is 38.7 Å². The first-order valence-electron chi connectivity index (χ1n) is 12.5. The van der Waals surface area contributed by atoms with Gasteiger partial charge in [-0.15, -0.1) is 0 Å². The van der Waals surface area contributed by atoms with Gasteiger partial charge >= 0.3 is 0 Å². The molecule has 2 aromatic carbocycles. The van der Waals surface area contributed by atoms with E-state index in [0.717, 1.165) is 9.87 Å². The normalized spacial score (nSPS) is 17.1. The van der Waals surface area contributed by atoms with Crippen LogP contribution in [0.1, 0.15) is 17.9 Å². The zero-order valence-electron chi connectivity index (χ0n) is 21.8. The van der Waals surface area contributed by atoms with E-state index in [2.05, 4.69) is 10.3 Å². The van der Waals surface area contributed by atoms with E-state index in [4.69, 9.17) is 14.2 Å².